The van der Waals surface area contributed by atoms with Crippen LogP contribution in [0.1, 0.15) is 18.9 Å². The first-order valence-electron chi connectivity index (χ1n) is 11.0. The number of aryl methyl sites for hydroxylation is 1. The summed E-state index contributed by atoms with van der Waals surface area (Å²) < 4.78 is 36.9. The van der Waals surface area contributed by atoms with Gasteiger partial charge in [0.25, 0.3) is 0 Å². The Labute approximate surface area is 205 Å². The molecule has 176 valence electrons. The zero-order valence-electron chi connectivity index (χ0n) is 19.3. The molecule has 34 heavy (non-hydrogen) atoms. The Balaban J connectivity index is 0.000000248. The van der Waals surface area contributed by atoms with Gasteiger partial charge in [-0.05, 0) is 74.0 Å². The van der Waals surface area contributed by atoms with Gasteiger partial charge in [-0.1, -0.05) is 61.0 Å². The summed E-state index contributed by atoms with van der Waals surface area (Å²) in [6, 6.07) is 35.7. The van der Waals surface area contributed by atoms with Crippen LogP contribution in [-0.2, 0) is 21.0 Å². The van der Waals surface area contributed by atoms with Gasteiger partial charge in [-0.3, -0.25) is 0 Å². The largest absolute Gasteiger partial charge is 0.744 e. The van der Waals surface area contributed by atoms with Gasteiger partial charge in [-0.2, -0.15) is 0 Å². The Morgan fingerprint density at radius 1 is 0.706 bits per heavy atom. The highest BCUT2D eigenvalue weighted by molar-refractivity contribution is 7.97. The van der Waals surface area contributed by atoms with Crippen LogP contribution >= 0.6 is 0 Å². The first-order valence-corrected chi connectivity index (χ1v) is 13.6. The Hall–Kier alpha value is -3.06. The second-order valence-corrected chi connectivity index (χ2v) is 10.9. The van der Waals surface area contributed by atoms with Crippen LogP contribution in [0, 0.1) is 6.92 Å². The molecule has 0 aliphatic heterocycles. The molecule has 0 aliphatic rings. The van der Waals surface area contributed by atoms with E-state index in [1.807, 2.05) is 6.92 Å². The van der Waals surface area contributed by atoms with Gasteiger partial charge in [-0.15, -0.1) is 0 Å². The van der Waals surface area contributed by atoms with Crippen LogP contribution in [0.25, 0.3) is 0 Å². The molecule has 0 N–H and O–H groups in total. The smallest absolute Gasteiger partial charge is 0.166 e. The van der Waals surface area contributed by atoms with Crippen LogP contribution in [0.15, 0.2) is 129 Å². The average Bonchev–Trinajstić information content (AvgIpc) is 2.85. The standard InChI is InChI=1S/C21H21OS.C7H8O3S/c1-2-17-22-18-13-15-21(16-14-18)23(19-9-5-3-6-10-19)20-11-7-4-8-12-20;1-6-2-4-7(5-3-6)11(8,9)10/h3-16H,2,17H2,1H3;2-5H,1H3,(H,8,9,10)/q+1;/p-1. The summed E-state index contributed by atoms with van der Waals surface area (Å²) in [6.07, 6.45) is 1.03. The molecule has 0 saturated carbocycles. The lowest BCUT2D eigenvalue weighted by Gasteiger charge is -2.09. The van der Waals surface area contributed by atoms with E-state index in [0.717, 1.165) is 24.3 Å². The van der Waals surface area contributed by atoms with Crippen LogP contribution in [0.2, 0.25) is 0 Å². The minimum absolute atomic E-state index is 0.0842. The van der Waals surface area contributed by atoms with Crippen molar-refractivity contribution in [2.24, 2.45) is 0 Å². The normalized spacial score (nSPS) is 10.9. The van der Waals surface area contributed by atoms with Gasteiger partial charge in [0.15, 0.2) is 14.7 Å². The van der Waals surface area contributed by atoms with Crippen molar-refractivity contribution in [2.75, 3.05) is 6.61 Å². The van der Waals surface area contributed by atoms with E-state index >= 15 is 0 Å². The molecule has 0 unspecified atom stereocenters. The molecule has 4 nitrogen and oxygen atoms in total. The lowest BCUT2D eigenvalue weighted by Crippen LogP contribution is -2.04. The van der Waals surface area contributed by atoms with Crippen LogP contribution in [0.4, 0.5) is 0 Å². The number of hydrogen-bond donors (Lipinski definition) is 0. The Morgan fingerprint density at radius 2 is 1.18 bits per heavy atom. The van der Waals surface area contributed by atoms with Gasteiger partial charge < -0.3 is 9.29 Å². The van der Waals surface area contributed by atoms with Crippen molar-refractivity contribution in [1.82, 2.24) is 0 Å². The second-order valence-electron chi connectivity index (χ2n) is 7.52. The minimum Gasteiger partial charge on any atom is -0.744 e. The molecule has 0 heterocycles. The average molecular weight is 493 g/mol. The van der Waals surface area contributed by atoms with E-state index < -0.39 is 10.1 Å². The molecule has 0 radical (unpaired) electrons. The van der Waals surface area contributed by atoms with E-state index in [0.29, 0.717) is 0 Å². The van der Waals surface area contributed by atoms with E-state index in [9.17, 15) is 13.0 Å². The SMILES string of the molecule is CCCOc1ccc([S+](c2ccccc2)c2ccccc2)cc1.Cc1ccc(S(=O)(=O)[O-])cc1. The highest BCUT2D eigenvalue weighted by Crippen LogP contribution is 2.31. The number of rotatable bonds is 7. The van der Waals surface area contributed by atoms with E-state index in [1.165, 1.54) is 26.8 Å². The van der Waals surface area contributed by atoms with Crippen molar-refractivity contribution >= 4 is 21.0 Å². The number of ether oxygens (including phenoxy) is 1. The van der Waals surface area contributed by atoms with Gasteiger partial charge >= 0.3 is 0 Å². The highest BCUT2D eigenvalue weighted by atomic mass is 32.2. The molecule has 0 fully saturated rings. The molecule has 0 amide bonds. The molecular weight excluding hydrogens is 464 g/mol. The zero-order chi connectivity index (χ0) is 24.4. The maximum absolute atomic E-state index is 10.4. The molecule has 6 heteroatoms. The molecular formula is C28H28O4S2. The van der Waals surface area contributed by atoms with E-state index in [2.05, 4.69) is 91.9 Å². The number of hydrogen-bond acceptors (Lipinski definition) is 4. The lowest BCUT2D eigenvalue weighted by molar-refractivity contribution is 0.317. The Bertz CT molecular complexity index is 1200. The van der Waals surface area contributed by atoms with Crippen LogP contribution in [0.5, 0.6) is 5.75 Å². The van der Waals surface area contributed by atoms with Gasteiger partial charge in [0, 0.05) is 0 Å². The van der Waals surface area contributed by atoms with E-state index in [4.69, 9.17) is 4.74 Å². The van der Waals surface area contributed by atoms with Crippen molar-refractivity contribution < 1.29 is 17.7 Å². The molecule has 0 saturated heterocycles. The first-order chi connectivity index (χ1) is 16.4. The summed E-state index contributed by atoms with van der Waals surface area (Å²) in [7, 11) is -4.35. The Morgan fingerprint density at radius 3 is 1.62 bits per heavy atom. The van der Waals surface area contributed by atoms with Crippen molar-refractivity contribution in [3.8, 4) is 5.75 Å². The third kappa shape index (κ3) is 7.48. The third-order valence-electron chi connectivity index (χ3n) is 4.80. The molecule has 0 spiro atoms. The summed E-state index contributed by atoms with van der Waals surface area (Å²) >= 11 is 0. The van der Waals surface area contributed by atoms with Gasteiger partial charge in [-0.25, -0.2) is 8.42 Å². The maximum atomic E-state index is 10.4. The van der Waals surface area contributed by atoms with Crippen molar-refractivity contribution in [3.05, 3.63) is 115 Å². The highest BCUT2D eigenvalue weighted by Gasteiger charge is 2.28. The van der Waals surface area contributed by atoms with Gasteiger partial charge in [0.05, 0.1) is 22.4 Å². The monoisotopic (exact) mass is 492 g/mol. The van der Waals surface area contributed by atoms with Gasteiger partial charge in [0.2, 0.25) is 0 Å². The van der Waals surface area contributed by atoms with Crippen molar-refractivity contribution in [2.45, 2.75) is 39.9 Å². The predicted molar refractivity (Wildman–Crippen MR) is 136 cm³/mol. The summed E-state index contributed by atoms with van der Waals surface area (Å²) in [5.41, 5.74) is 0.928. The van der Waals surface area contributed by atoms with E-state index in [1.54, 1.807) is 12.1 Å². The van der Waals surface area contributed by atoms with Crippen LogP contribution < -0.4 is 4.74 Å². The molecule has 0 aromatic heterocycles. The topological polar surface area (TPSA) is 66.4 Å². The van der Waals surface area contributed by atoms with Gasteiger partial charge in [0.1, 0.15) is 15.9 Å². The molecule has 0 bridgehead atoms. The zero-order valence-corrected chi connectivity index (χ0v) is 20.9. The quantitative estimate of drug-likeness (QED) is 0.219. The molecule has 0 aliphatic carbocycles. The molecule has 4 rings (SSSR count). The van der Waals surface area contributed by atoms with Crippen molar-refractivity contribution in [3.63, 3.8) is 0 Å². The molecule has 0 atom stereocenters. The second kappa shape index (κ2) is 12.4. The first kappa shape index (κ1) is 25.6. The summed E-state index contributed by atoms with van der Waals surface area (Å²) in [4.78, 5) is 3.80. The maximum Gasteiger partial charge on any atom is 0.166 e. The summed E-state index contributed by atoms with van der Waals surface area (Å²) in [5.74, 6) is 0.945. The molecule has 4 aromatic rings. The molecule has 4 aromatic carbocycles. The minimum atomic E-state index is -4.27. The fourth-order valence-electron chi connectivity index (χ4n) is 3.12. The Kier molecular flexibility index (Phi) is 9.33. The summed E-state index contributed by atoms with van der Waals surface area (Å²) in [5, 5.41) is 0. The van der Waals surface area contributed by atoms with Crippen molar-refractivity contribution in [1.29, 1.82) is 0 Å². The third-order valence-corrected chi connectivity index (χ3v) is 7.88. The fourth-order valence-corrected chi connectivity index (χ4v) is 5.67. The predicted octanol–water partition coefficient (Wildman–Crippen LogP) is 6.47. The van der Waals surface area contributed by atoms with E-state index in [-0.39, 0.29) is 15.8 Å². The van der Waals surface area contributed by atoms with Crippen LogP contribution in [-0.4, -0.2) is 19.6 Å². The van der Waals surface area contributed by atoms with Crippen LogP contribution in [0.3, 0.4) is 0 Å². The summed E-state index contributed by atoms with van der Waals surface area (Å²) in [6.45, 7) is 4.71. The number of benzene rings is 4. The lowest BCUT2D eigenvalue weighted by atomic mass is 10.2. The fraction of sp³-hybridized carbons (Fsp3) is 0.143.